The van der Waals surface area contributed by atoms with E-state index in [9.17, 15) is 0 Å². The molecule has 0 radical (unpaired) electrons. The first-order valence-electron chi connectivity index (χ1n) is 10.2. The molecule has 7 rings (SSSR count). The minimum Gasteiger partial charge on any atom is -0.464 e. The second-order valence-electron chi connectivity index (χ2n) is 7.88. The van der Waals surface area contributed by atoms with Gasteiger partial charge in [-0.3, -0.25) is 0 Å². The summed E-state index contributed by atoms with van der Waals surface area (Å²) in [5, 5.41) is 6.84. The number of rotatable bonds is 2. The molecule has 0 fully saturated rings. The summed E-state index contributed by atoms with van der Waals surface area (Å²) in [6.45, 7) is 0. The summed E-state index contributed by atoms with van der Waals surface area (Å²) in [7, 11) is 0. The Bertz CT molecular complexity index is 1590. The van der Waals surface area contributed by atoms with Crippen LogP contribution in [0.1, 0.15) is 0 Å². The molecule has 0 saturated carbocycles. The van der Waals surface area contributed by atoms with E-state index in [1.54, 1.807) is 12.5 Å². The first kappa shape index (κ1) is 16.5. The lowest BCUT2D eigenvalue weighted by Crippen LogP contribution is -1.78. The van der Waals surface area contributed by atoms with Gasteiger partial charge in [-0.05, 0) is 82.2 Å². The molecule has 3 heteroatoms. The van der Waals surface area contributed by atoms with Crippen molar-refractivity contribution in [3.63, 3.8) is 0 Å². The minimum atomic E-state index is 0.871. The van der Waals surface area contributed by atoms with E-state index in [1.807, 2.05) is 24.3 Å². The molecule has 0 unspecified atom stereocenters. The molecule has 0 amide bonds. The van der Waals surface area contributed by atoms with Gasteiger partial charge in [0.1, 0.15) is 22.7 Å². The number of benzene rings is 4. The predicted molar refractivity (Wildman–Crippen MR) is 124 cm³/mol. The van der Waals surface area contributed by atoms with Crippen molar-refractivity contribution in [1.82, 2.24) is 0 Å². The van der Waals surface area contributed by atoms with Crippen LogP contribution in [0.2, 0.25) is 0 Å². The molecular formula is C28H16O3. The summed E-state index contributed by atoms with van der Waals surface area (Å²) in [4.78, 5) is 0. The molecule has 0 N–H and O–H groups in total. The number of hydrogen-bond donors (Lipinski definition) is 0. The smallest absolute Gasteiger partial charge is 0.136 e. The standard InChI is InChI=1S/C28H16O3/c1-3-25(29-9-1)19-7-5-17-15-27-23(13-21(17)11-19)24-14-22-12-20(26-4-2-10-30-26)8-6-18(22)16-28(24)31-27/h1-16H. The fourth-order valence-electron chi connectivity index (χ4n) is 4.45. The molecular weight excluding hydrogens is 384 g/mol. The van der Waals surface area contributed by atoms with Gasteiger partial charge >= 0.3 is 0 Å². The van der Waals surface area contributed by atoms with Gasteiger partial charge in [-0.2, -0.15) is 0 Å². The highest BCUT2D eigenvalue weighted by Crippen LogP contribution is 2.36. The van der Waals surface area contributed by atoms with Crippen LogP contribution in [0.5, 0.6) is 0 Å². The largest absolute Gasteiger partial charge is 0.464 e. The fraction of sp³-hybridized carbons (Fsp3) is 0. The van der Waals surface area contributed by atoms with Crippen molar-refractivity contribution in [3.8, 4) is 22.6 Å². The number of fused-ring (bicyclic) bond motifs is 5. The second-order valence-corrected chi connectivity index (χ2v) is 7.88. The quantitative estimate of drug-likeness (QED) is 0.292. The van der Waals surface area contributed by atoms with Gasteiger partial charge < -0.3 is 13.3 Å². The lowest BCUT2D eigenvalue weighted by molar-refractivity contribution is 0.582. The highest BCUT2D eigenvalue weighted by Gasteiger charge is 2.12. The fourth-order valence-corrected chi connectivity index (χ4v) is 4.45. The lowest BCUT2D eigenvalue weighted by atomic mass is 10.0. The summed E-state index contributed by atoms with van der Waals surface area (Å²) in [6.07, 6.45) is 3.41. The van der Waals surface area contributed by atoms with Crippen LogP contribution in [0.25, 0.3) is 66.1 Å². The van der Waals surface area contributed by atoms with Crippen LogP contribution in [0.4, 0.5) is 0 Å². The van der Waals surface area contributed by atoms with Crippen LogP contribution in [0.3, 0.4) is 0 Å². The predicted octanol–water partition coefficient (Wildman–Crippen LogP) is 8.41. The van der Waals surface area contributed by atoms with Gasteiger partial charge in [0, 0.05) is 21.9 Å². The molecule has 31 heavy (non-hydrogen) atoms. The highest BCUT2D eigenvalue weighted by molar-refractivity contribution is 6.13. The molecule has 7 aromatic rings. The van der Waals surface area contributed by atoms with Crippen molar-refractivity contribution in [2.75, 3.05) is 0 Å². The summed E-state index contributed by atoms with van der Waals surface area (Å²) in [5.41, 5.74) is 3.93. The van der Waals surface area contributed by atoms with Gasteiger partial charge in [0.05, 0.1) is 12.5 Å². The van der Waals surface area contributed by atoms with E-state index in [-0.39, 0.29) is 0 Å². The topological polar surface area (TPSA) is 39.4 Å². The molecule has 0 aliphatic rings. The lowest BCUT2D eigenvalue weighted by Gasteiger charge is -2.03. The van der Waals surface area contributed by atoms with Crippen molar-refractivity contribution in [1.29, 1.82) is 0 Å². The highest BCUT2D eigenvalue weighted by atomic mass is 16.3. The van der Waals surface area contributed by atoms with E-state index in [0.29, 0.717) is 0 Å². The Morgan fingerprint density at radius 3 is 1.42 bits per heavy atom. The zero-order valence-corrected chi connectivity index (χ0v) is 16.5. The normalized spacial score (nSPS) is 11.9. The van der Waals surface area contributed by atoms with Crippen LogP contribution >= 0.6 is 0 Å². The Morgan fingerprint density at radius 2 is 0.968 bits per heavy atom. The van der Waals surface area contributed by atoms with Crippen molar-refractivity contribution in [2.45, 2.75) is 0 Å². The van der Waals surface area contributed by atoms with Crippen LogP contribution in [-0.4, -0.2) is 0 Å². The molecule has 4 aromatic carbocycles. The third kappa shape index (κ3) is 2.53. The van der Waals surface area contributed by atoms with Gasteiger partial charge in [-0.25, -0.2) is 0 Å². The van der Waals surface area contributed by atoms with E-state index < -0.39 is 0 Å². The van der Waals surface area contributed by atoms with Crippen LogP contribution in [-0.2, 0) is 0 Å². The van der Waals surface area contributed by atoms with Crippen molar-refractivity contribution >= 4 is 43.5 Å². The van der Waals surface area contributed by atoms with E-state index in [4.69, 9.17) is 13.3 Å². The molecule has 0 aliphatic heterocycles. The van der Waals surface area contributed by atoms with E-state index in [1.165, 1.54) is 0 Å². The molecule has 3 aromatic heterocycles. The first-order chi connectivity index (χ1) is 15.3. The zero-order valence-electron chi connectivity index (χ0n) is 16.5. The van der Waals surface area contributed by atoms with E-state index in [2.05, 4.69) is 60.7 Å². The third-order valence-corrected chi connectivity index (χ3v) is 6.00. The van der Waals surface area contributed by atoms with E-state index >= 15 is 0 Å². The van der Waals surface area contributed by atoms with Crippen LogP contribution in [0.15, 0.2) is 111 Å². The molecule has 0 saturated heterocycles. The Morgan fingerprint density at radius 1 is 0.452 bits per heavy atom. The summed E-state index contributed by atoms with van der Waals surface area (Å²) < 4.78 is 17.4. The maximum atomic E-state index is 6.24. The Balaban J connectivity index is 1.47. The minimum absolute atomic E-state index is 0.871. The third-order valence-electron chi connectivity index (χ3n) is 6.00. The van der Waals surface area contributed by atoms with Gasteiger partial charge in [0.2, 0.25) is 0 Å². The van der Waals surface area contributed by atoms with Gasteiger partial charge in [0.15, 0.2) is 0 Å². The van der Waals surface area contributed by atoms with Crippen LogP contribution < -0.4 is 0 Å². The monoisotopic (exact) mass is 400 g/mol. The maximum Gasteiger partial charge on any atom is 0.136 e. The Labute approximate surface area is 177 Å². The van der Waals surface area contributed by atoms with Crippen molar-refractivity contribution in [3.05, 3.63) is 97.5 Å². The maximum absolute atomic E-state index is 6.24. The second kappa shape index (κ2) is 6.13. The summed E-state index contributed by atoms with van der Waals surface area (Å²) >= 11 is 0. The van der Waals surface area contributed by atoms with Gasteiger partial charge in [-0.15, -0.1) is 0 Å². The zero-order chi connectivity index (χ0) is 20.4. The average Bonchev–Trinajstić information content (AvgIpc) is 3.57. The number of hydrogen-bond acceptors (Lipinski definition) is 3. The van der Waals surface area contributed by atoms with Gasteiger partial charge in [0.25, 0.3) is 0 Å². The Kier molecular flexibility index (Phi) is 3.27. The molecule has 146 valence electrons. The molecule has 0 atom stereocenters. The van der Waals surface area contributed by atoms with Gasteiger partial charge in [-0.1, -0.05) is 24.3 Å². The van der Waals surface area contributed by atoms with E-state index in [0.717, 1.165) is 66.1 Å². The summed E-state index contributed by atoms with van der Waals surface area (Å²) in [5.74, 6) is 1.74. The first-order valence-corrected chi connectivity index (χ1v) is 10.2. The summed E-state index contributed by atoms with van der Waals surface area (Å²) in [6, 6.07) is 29.2. The average molecular weight is 400 g/mol. The van der Waals surface area contributed by atoms with Crippen molar-refractivity contribution < 1.29 is 13.3 Å². The SMILES string of the molecule is c1coc(-c2ccc3cc4oc5cc6ccc(-c7ccco7)cc6cc5c4cc3c2)c1. The molecule has 3 nitrogen and oxygen atoms in total. The molecule has 3 heterocycles. The number of furan rings is 3. The molecule has 0 spiro atoms. The molecule has 0 aliphatic carbocycles. The Hall–Kier alpha value is -4.24. The van der Waals surface area contributed by atoms with Crippen molar-refractivity contribution in [2.24, 2.45) is 0 Å². The van der Waals surface area contributed by atoms with Crippen LogP contribution in [0, 0.1) is 0 Å². The molecule has 0 bridgehead atoms.